The molecule has 0 aliphatic heterocycles. The smallest absolute Gasteiger partial charge is 0.340 e. The van der Waals surface area contributed by atoms with Gasteiger partial charge in [0.25, 0.3) is 5.89 Å². The second kappa shape index (κ2) is 10.7. The van der Waals surface area contributed by atoms with Crippen molar-refractivity contribution in [2.45, 2.75) is 0 Å². The molecule has 2 aromatic carbocycles. The molecule has 0 bridgehead atoms. The second-order valence-corrected chi connectivity index (χ2v) is 7.86. The molecule has 0 amide bonds. The Balaban J connectivity index is 2.03. The molecular weight excluding hydrogens is 444 g/mol. The van der Waals surface area contributed by atoms with Crippen LogP contribution in [0.1, 0.15) is 11.5 Å². The fourth-order valence-corrected chi connectivity index (χ4v) is 3.15. The summed E-state index contributed by atoms with van der Waals surface area (Å²) in [6.07, 6.45) is 3.37. The second-order valence-electron chi connectivity index (χ2n) is 7.46. The number of methoxy groups -OCH3 is 1. The Labute approximate surface area is 197 Å². The van der Waals surface area contributed by atoms with Crippen LogP contribution >= 0.6 is 11.6 Å². The van der Waals surface area contributed by atoms with Crippen molar-refractivity contribution < 1.29 is 18.8 Å². The largest absolute Gasteiger partial charge is 0.465 e. The predicted octanol–water partition coefficient (Wildman–Crippen LogP) is 4.40. The van der Waals surface area contributed by atoms with E-state index in [2.05, 4.69) is 10.1 Å². The van der Waals surface area contributed by atoms with E-state index in [0.29, 0.717) is 39.1 Å². The van der Waals surface area contributed by atoms with E-state index in [-0.39, 0.29) is 5.89 Å². The number of esters is 1. The van der Waals surface area contributed by atoms with E-state index in [1.54, 1.807) is 52.5 Å². The van der Waals surface area contributed by atoms with E-state index in [1.165, 1.54) is 7.11 Å². The summed E-state index contributed by atoms with van der Waals surface area (Å²) in [5.41, 5.74) is 1.53. The van der Waals surface area contributed by atoms with E-state index in [0.717, 1.165) is 0 Å². The van der Waals surface area contributed by atoms with Gasteiger partial charge in [-0.15, -0.1) is 0 Å². The van der Waals surface area contributed by atoms with Crippen LogP contribution in [0.3, 0.4) is 0 Å². The first-order valence-corrected chi connectivity index (χ1v) is 10.4. The lowest BCUT2D eigenvalue weighted by Crippen LogP contribution is -2.12. The number of hydrogen-bond donors (Lipinski definition) is 0. The zero-order valence-corrected chi connectivity index (χ0v) is 19.8. The fraction of sp³-hybridized carbons (Fsp3) is 0.208. The van der Waals surface area contributed by atoms with Gasteiger partial charge >= 0.3 is 5.97 Å². The summed E-state index contributed by atoms with van der Waals surface area (Å²) in [6.45, 7) is 0. The Bertz CT molecular complexity index is 1180. The van der Waals surface area contributed by atoms with Gasteiger partial charge in [-0.1, -0.05) is 47.1 Å². The van der Waals surface area contributed by atoms with Gasteiger partial charge in [-0.25, -0.2) is 4.79 Å². The molecule has 172 valence electrons. The van der Waals surface area contributed by atoms with Gasteiger partial charge in [0, 0.05) is 51.7 Å². The predicted molar refractivity (Wildman–Crippen MR) is 127 cm³/mol. The molecule has 0 aliphatic rings. The van der Waals surface area contributed by atoms with Crippen molar-refractivity contribution in [1.29, 1.82) is 0 Å². The molecule has 1 heterocycles. The van der Waals surface area contributed by atoms with Crippen molar-refractivity contribution in [3.8, 4) is 17.1 Å². The lowest BCUT2D eigenvalue weighted by atomic mass is 10.1. The Morgan fingerprint density at radius 2 is 1.67 bits per heavy atom. The lowest BCUT2D eigenvalue weighted by Gasteiger charge is -2.16. The summed E-state index contributed by atoms with van der Waals surface area (Å²) in [5, 5.41) is 4.56. The lowest BCUT2D eigenvalue weighted by molar-refractivity contribution is -0.133. The normalized spacial score (nSPS) is 11.8. The van der Waals surface area contributed by atoms with E-state index in [9.17, 15) is 4.79 Å². The highest BCUT2D eigenvalue weighted by Gasteiger charge is 2.22. The third-order valence-electron chi connectivity index (χ3n) is 4.32. The number of nitrogens with zero attached hydrogens (tertiary/aromatic N) is 4. The minimum atomic E-state index is -0.489. The van der Waals surface area contributed by atoms with Crippen molar-refractivity contribution in [1.82, 2.24) is 19.9 Å². The van der Waals surface area contributed by atoms with Gasteiger partial charge in [-0.2, -0.15) is 4.98 Å². The van der Waals surface area contributed by atoms with Crippen LogP contribution in [0.5, 0.6) is 5.75 Å². The molecule has 9 heteroatoms. The average molecular weight is 469 g/mol. The van der Waals surface area contributed by atoms with Gasteiger partial charge in [-0.05, 0) is 18.2 Å². The van der Waals surface area contributed by atoms with Crippen LogP contribution in [0.4, 0.5) is 0 Å². The number of halogens is 1. The molecule has 3 rings (SSSR count). The van der Waals surface area contributed by atoms with Gasteiger partial charge < -0.3 is 23.8 Å². The summed E-state index contributed by atoms with van der Waals surface area (Å²) < 4.78 is 16.7. The zero-order chi connectivity index (χ0) is 24.0. The molecule has 0 atom stereocenters. The maximum absolute atomic E-state index is 12.5. The maximum atomic E-state index is 12.5. The zero-order valence-electron chi connectivity index (χ0n) is 19.1. The van der Waals surface area contributed by atoms with Gasteiger partial charge in [0.15, 0.2) is 0 Å². The van der Waals surface area contributed by atoms with E-state index in [1.807, 2.05) is 46.4 Å². The van der Waals surface area contributed by atoms with Crippen molar-refractivity contribution in [3.05, 3.63) is 77.4 Å². The molecule has 33 heavy (non-hydrogen) atoms. The third kappa shape index (κ3) is 5.93. The third-order valence-corrected chi connectivity index (χ3v) is 4.65. The van der Waals surface area contributed by atoms with Crippen LogP contribution in [-0.4, -0.2) is 61.2 Å². The molecular formula is C24H25ClN4O4. The standard InChI is InChI=1S/C24H25ClN4O4/c1-28(2)14-18(24(30)31-5)16-10-7-9-13-20(16)32-21(15-29(3)4)23-26-22(27-33-23)17-11-6-8-12-19(17)25/h6-15H,1-5H3/b18-14+,21-15-. The molecule has 0 N–H and O–H groups in total. The van der Waals surface area contributed by atoms with Gasteiger partial charge in [0.05, 0.1) is 17.7 Å². The molecule has 0 fully saturated rings. The van der Waals surface area contributed by atoms with Crippen molar-refractivity contribution in [3.63, 3.8) is 0 Å². The summed E-state index contributed by atoms with van der Waals surface area (Å²) in [5.74, 6) is 0.718. The minimum absolute atomic E-state index is 0.157. The molecule has 1 aromatic heterocycles. The monoisotopic (exact) mass is 468 g/mol. The van der Waals surface area contributed by atoms with Crippen molar-refractivity contribution in [2.24, 2.45) is 0 Å². The van der Waals surface area contributed by atoms with Gasteiger partial charge in [-0.3, -0.25) is 0 Å². The van der Waals surface area contributed by atoms with Crippen LogP contribution in [0.15, 0.2) is 65.5 Å². The van der Waals surface area contributed by atoms with Crippen LogP contribution in [0.2, 0.25) is 5.02 Å². The highest BCUT2D eigenvalue weighted by molar-refractivity contribution is 6.33. The summed E-state index contributed by atoms with van der Waals surface area (Å²) in [4.78, 5) is 20.5. The number of hydrogen-bond acceptors (Lipinski definition) is 8. The Hall–Kier alpha value is -3.78. The van der Waals surface area contributed by atoms with Crippen molar-refractivity contribution in [2.75, 3.05) is 35.3 Å². The topological polar surface area (TPSA) is 80.9 Å². The van der Waals surface area contributed by atoms with Crippen LogP contribution in [0.25, 0.3) is 22.7 Å². The minimum Gasteiger partial charge on any atom is -0.465 e. The Morgan fingerprint density at radius 3 is 2.33 bits per heavy atom. The quantitative estimate of drug-likeness (QED) is 0.273. The number of ether oxygens (including phenoxy) is 2. The number of carbonyl (C=O) groups is 1. The highest BCUT2D eigenvalue weighted by Crippen LogP contribution is 2.32. The molecule has 0 saturated carbocycles. The fourth-order valence-electron chi connectivity index (χ4n) is 2.93. The number of carbonyl (C=O) groups excluding carboxylic acids is 1. The first-order chi connectivity index (χ1) is 15.8. The molecule has 0 spiro atoms. The van der Waals surface area contributed by atoms with Gasteiger partial charge in [0.1, 0.15) is 5.75 Å². The van der Waals surface area contributed by atoms with E-state index >= 15 is 0 Å². The Kier molecular flexibility index (Phi) is 7.74. The number of para-hydroxylation sites is 1. The van der Waals surface area contributed by atoms with E-state index in [4.69, 9.17) is 25.6 Å². The Morgan fingerprint density at radius 1 is 1.00 bits per heavy atom. The summed E-state index contributed by atoms with van der Waals surface area (Å²) in [7, 11) is 8.65. The SMILES string of the molecule is COC(=O)/C(=C/N(C)C)c1ccccc1O/C(=C\N(C)C)c1nc(-c2ccccc2Cl)no1. The molecule has 0 saturated heterocycles. The molecule has 8 nitrogen and oxygen atoms in total. The molecule has 0 unspecified atom stereocenters. The van der Waals surface area contributed by atoms with Crippen LogP contribution < -0.4 is 4.74 Å². The van der Waals surface area contributed by atoms with E-state index < -0.39 is 5.97 Å². The number of aromatic nitrogens is 2. The highest BCUT2D eigenvalue weighted by atomic mass is 35.5. The average Bonchev–Trinajstić information content (AvgIpc) is 3.27. The van der Waals surface area contributed by atoms with Crippen molar-refractivity contribution >= 4 is 28.9 Å². The molecule has 0 aliphatic carbocycles. The van der Waals surface area contributed by atoms with Crippen LogP contribution in [0, 0.1) is 0 Å². The van der Waals surface area contributed by atoms with Gasteiger partial charge in [0.2, 0.25) is 11.6 Å². The molecule has 0 radical (unpaired) electrons. The maximum Gasteiger partial charge on any atom is 0.340 e. The molecule has 3 aromatic rings. The first-order valence-electron chi connectivity index (χ1n) is 10.0. The first kappa shape index (κ1) is 23.9. The summed E-state index contributed by atoms with van der Waals surface area (Å²) in [6, 6.07) is 14.4. The number of rotatable bonds is 8. The summed E-state index contributed by atoms with van der Waals surface area (Å²) >= 11 is 6.27. The number of benzene rings is 2. The van der Waals surface area contributed by atoms with Crippen LogP contribution in [-0.2, 0) is 9.53 Å².